The van der Waals surface area contributed by atoms with Crippen LogP contribution in [0.5, 0.6) is 5.88 Å². The number of anilines is 1. The summed E-state index contributed by atoms with van der Waals surface area (Å²) in [5.74, 6) is 1.61. The van der Waals surface area contributed by atoms with Gasteiger partial charge in [0.15, 0.2) is 5.82 Å². The van der Waals surface area contributed by atoms with E-state index in [9.17, 15) is 13.6 Å². The molecule has 2 aliphatic heterocycles. The van der Waals surface area contributed by atoms with Gasteiger partial charge in [0.2, 0.25) is 11.8 Å². The maximum Gasteiger partial charge on any atom is 0.263 e. The Bertz CT molecular complexity index is 1150. The van der Waals surface area contributed by atoms with Crippen molar-refractivity contribution in [3.63, 3.8) is 0 Å². The summed E-state index contributed by atoms with van der Waals surface area (Å²) in [7, 11) is 0. The monoisotopic (exact) mass is 469 g/mol. The normalized spacial score (nSPS) is 20.2. The largest absolute Gasteiger partial charge is 0.470 e. The van der Waals surface area contributed by atoms with E-state index in [0.29, 0.717) is 41.2 Å². The molecule has 2 fully saturated rings. The van der Waals surface area contributed by atoms with Gasteiger partial charge in [-0.05, 0) is 43.9 Å². The number of ether oxygens (including phenoxy) is 1. The first-order valence-electron chi connectivity index (χ1n) is 11.3. The van der Waals surface area contributed by atoms with E-state index < -0.39 is 6.43 Å². The number of carbonyl (C=O) groups is 1. The molecule has 0 spiro atoms. The van der Waals surface area contributed by atoms with Gasteiger partial charge in [-0.1, -0.05) is 17.3 Å². The molecule has 5 rings (SSSR count). The summed E-state index contributed by atoms with van der Waals surface area (Å²) in [5.41, 5.74) is 1.90. The lowest BCUT2D eigenvalue weighted by molar-refractivity contribution is -0.129. The summed E-state index contributed by atoms with van der Waals surface area (Å²) >= 11 is 0. The summed E-state index contributed by atoms with van der Waals surface area (Å²) in [4.78, 5) is 14.3. The van der Waals surface area contributed by atoms with Crippen molar-refractivity contribution >= 4 is 11.7 Å². The summed E-state index contributed by atoms with van der Waals surface area (Å²) < 4.78 is 33.1. The first kappa shape index (κ1) is 22.2. The lowest BCUT2D eigenvalue weighted by Gasteiger charge is -2.40. The van der Waals surface area contributed by atoms with Gasteiger partial charge in [0.25, 0.3) is 6.43 Å². The molecule has 1 aromatic carbocycles. The zero-order valence-corrected chi connectivity index (χ0v) is 18.7. The number of fused-ring (bicyclic) bond motifs is 1. The molecule has 0 saturated carbocycles. The van der Waals surface area contributed by atoms with Crippen LogP contribution in [0, 0.1) is 18.8 Å². The lowest BCUT2D eigenvalue weighted by atomic mass is 9.80. The van der Waals surface area contributed by atoms with Crippen LogP contribution >= 0.6 is 0 Å². The smallest absolute Gasteiger partial charge is 0.263 e. The molecule has 0 unspecified atom stereocenters. The minimum absolute atomic E-state index is 0.00857. The Morgan fingerprint density at radius 1 is 1.12 bits per heavy atom. The number of benzene rings is 1. The molecule has 9 nitrogen and oxygen atoms in total. The van der Waals surface area contributed by atoms with E-state index in [1.165, 1.54) is 12.1 Å². The van der Waals surface area contributed by atoms with Crippen LogP contribution in [0.15, 0.2) is 36.4 Å². The van der Waals surface area contributed by atoms with Crippen molar-refractivity contribution in [3.05, 3.63) is 53.3 Å². The molecule has 11 heteroatoms. The second-order valence-electron chi connectivity index (χ2n) is 8.62. The van der Waals surface area contributed by atoms with Gasteiger partial charge in [0, 0.05) is 31.3 Å². The molecule has 34 heavy (non-hydrogen) atoms. The SMILES string of the molecule is Cc1nnn(-c2ccc(C(F)F)cc2)c1COc1ccc(N2CC[C@H]3CCNC(=O)[C@H]3C2)nn1. The summed E-state index contributed by atoms with van der Waals surface area (Å²) in [6.45, 7) is 4.19. The topological polar surface area (TPSA) is 98.1 Å². The summed E-state index contributed by atoms with van der Waals surface area (Å²) in [6, 6.07) is 9.47. The van der Waals surface area contributed by atoms with Crippen molar-refractivity contribution in [2.24, 2.45) is 11.8 Å². The van der Waals surface area contributed by atoms with Gasteiger partial charge in [0.05, 0.1) is 17.3 Å². The average Bonchev–Trinajstić information content (AvgIpc) is 3.23. The Labute approximate surface area is 195 Å². The quantitative estimate of drug-likeness (QED) is 0.593. The van der Waals surface area contributed by atoms with Crippen LogP contribution in [-0.4, -0.2) is 50.7 Å². The van der Waals surface area contributed by atoms with Crippen molar-refractivity contribution in [2.45, 2.75) is 32.8 Å². The van der Waals surface area contributed by atoms with E-state index in [0.717, 1.165) is 25.9 Å². The highest BCUT2D eigenvalue weighted by Crippen LogP contribution is 2.31. The Hall–Kier alpha value is -3.63. The number of hydrogen-bond acceptors (Lipinski definition) is 7. The van der Waals surface area contributed by atoms with Crippen molar-refractivity contribution in [2.75, 3.05) is 24.5 Å². The molecule has 2 saturated heterocycles. The van der Waals surface area contributed by atoms with Crippen molar-refractivity contribution in [3.8, 4) is 11.6 Å². The predicted molar refractivity (Wildman–Crippen MR) is 119 cm³/mol. The van der Waals surface area contributed by atoms with Crippen LogP contribution < -0.4 is 15.0 Å². The predicted octanol–water partition coefficient (Wildman–Crippen LogP) is 2.84. The van der Waals surface area contributed by atoms with Gasteiger partial charge in [-0.3, -0.25) is 4.79 Å². The fourth-order valence-corrected chi connectivity index (χ4v) is 4.57. The number of aromatic nitrogens is 5. The molecule has 178 valence electrons. The van der Waals surface area contributed by atoms with Gasteiger partial charge in [-0.2, -0.15) is 0 Å². The first-order valence-corrected chi connectivity index (χ1v) is 11.3. The summed E-state index contributed by atoms with van der Waals surface area (Å²) in [5, 5.41) is 19.6. The Morgan fingerprint density at radius 3 is 2.68 bits per heavy atom. The van der Waals surface area contributed by atoms with Crippen molar-refractivity contribution in [1.29, 1.82) is 0 Å². The van der Waals surface area contributed by atoms with Gasteiger partial charge in [-0.25, -0.2) is 13.5 Å². The summed E-state index contributed by atoms with van der Waals surface area (Å²) in [6.07, 6.45) is -0.529. The number of nitrogens with one attached hydrogen (secondary N) is 1. The zero-order chi connectivity index (χ0) is 23.7. The molecule has 4 heterocycles. The third-order valence-electron chi connectivity index (χ3n) is 6.56. The van der Waals surface area contributed by atoms with Crippen LogP contribution in [0.1, 0.15) is 36.2 Å². The highest BCUT2D eigenvalue weighted by atomic mass is 19.3. The van der Waals surface area contributed by atoms with Crippen molar-refractivity contribution in [1.82, 2.24) is 30.5 Å². The molecular weight excluding hydrogens is 444 g/mol. The van der Waals surface area contributed by atoms with Crippen LogP contribution in [0.25, 0.3) is 5.69 Å². The second-order valence-corrected chi connectivity index (χ2v) is 8.62. The minimum atomic E-state index is -2.53. The van der Waals surface area contributed by atoms with E-state index in [1.54, 1.807) is 29.8 Å². The van der Waals surface area contributed by atoms with Crippen LogP contribution in [-0.2, 0) is 11.4 Å². The van der Waals surface area contributed by atoms with E-state index in [-0.39, 0.29) is 24.0 Å². The Balaban J connectivity index is 1.24. The maximum atomic E-state index is 12.8. The minimum Gasteiger partial charge on any atom is -0.470 e. The fraction of sp³-hybridized carbons (Fsp3) is 0.435. The molecule has 0 aliphatic carbocycles. The number of hydrogen-bond donors (Lipinski definition) is 1. The Kier molecular flexibility index (Phi) is 6.08. The average molecular weight is 469 g/mol. The van der Waals surface area contributed by atoms with Gasteiger partial charge < -0.3 is 15.0 Å². The molecule has 3 aromatic rings. The molecule has 2 aliphatic rings. The molecule has 2 aromatic heterocycles. The van der Waals surface area contributed by atoms with Gasteiger partial charge in [-0.15, -0.1) is 15.3 Å². The van der Waals surface area contributed by atoms with E-state index in [4.69, 9.17) is 4.74 Å². The molecular formula is C23H25F2N7O2. The van der Waals surface area contributed by atoms with Gasteiger partial charge >= 0.3 is 0 Å². The first-order chi connectivity index (χ1) is 16.5. The highest BCUT2D eigenvalue weighted by molar-refractivity contribution is 5.80. The molecule has 2 atom stereocenters. The van der Waals surface area contributed by atoms with Crippen LogP contribution in [0.3, 0.4) is 0 Å². The van der Waals surface area contributed by atoms with Crippen LogP contribution in [0.2, 0.25) is 0 Å². The number of aryl methyl sites for hydroxylation is 1. The number of piperidine rings is 2. The van der Waals surface area contributed by atoms with E-state index in [2.05, 4.69) is 30.7 Å². The number of amides is 1. The zero-order valence-electron chi connectivity index (χ0n) is 18.7. The molecule has 1 amide bonds. The number of halogens is 2. The van der Waals surface area contributed by atoms with E-state index in [1.807, 2.05) is 6.07 Å². The molecule has 0 bridgehead atoms. The van der Waals surface area contributed by atoms with Crippen molar-refractivity contribution < 1.29 is 18.3 Å². The third-order valence-corrected chi connectivity index (χ3v) is 6.56. The number of carbonyl (C=O) groups excluding carboxylic acids is 1. The highest BCUT2D eigenvalue weighted by Gasteiger charge is 2.37. The maximum absolute atomic E-state index is 12.8. The third kappa shape index (κ3) is 4.42. The Morgan fingerprint density at radius 2 is 1.94 bits per heavy atom. The second kappa shape index (κ2) is 9.32. The lowest BCUT2D eigenvalue weighted by Crippen LogP contribution is -2.52. The molecule has 0 radical (unpaired) electrons. The fourth-order valence-electron chi connectivity index (χ4n) is 4.57. The number of rotatable bonds is 6. The van der Waals surface area contributed by atoms with E-state index >= 15 is 0 Å². The standard InChI is InChI=1S/C23H25F2N7O2/c1-14-19(32(30-27-14)17-4-2-16(3-5-17)22(24)25)13-34-21-7-6-20(28-29-21)31-11-9-15-8-10-26-23(33)18(15)12-31/h2-7,15,18,22H,8-13H2,1H3,(H,26,33)/t15-,18+/m1/s1. The number of nitrogens with zero attached hydrogens (tertiary/aromatic N) is 6. The number of alkyl halides is 2. The molecule has 1 N–H and O–H groups in total. The van der Waals surface area contributed by atoms with Crippen LogP contribution in [0.4, 0.5) is 14.6 Å². The van der Waals surface area contributed by atoms with Gasteiger partial charge in [0.1, 0.15) is 12.3 Å².